The highest BCUT2D eigenvalue weighted by molar-refractivity contribution is 5.81. The van der Waals surface area contributed by atoms with Crippen LogP contribution < -0.4 is 25.4 Å². The predicted molar refractivity (Wildman–Crippen MR) is 104 cm³/mol. The first-order valence-corrected chi connectivity index (χ1v) is 8.88. The van der Waals surface area contributed by atoms with Crippen molar-refractivity contribution in [1.82, 2.24) is 16.0 Å². The monoisotopic (exact) mass is 368 g/mol. The minimum absolute atomic E-state index is 0.00224. The molecule has 1 amide bonds. The number of amides is 1. The van der Waals surface area contributed by atoms with Crippen LogP contribution >= 0.6 is 0 Å². The van der Waals surface area contributed by atoms with Gasteiger partial charge in [-0.2, -0.15) is 0 Å². The van der Waals surface area contributed by atoms with Crippen molar-refractivity contribution in [3.63, 3.8) is 0 Å². The van der Waals surface area contributed by atoms with Gasteiger partial charge in [-0.25, -0.2) is 0 Å². The van der Waals surface area contributed by atoms with Crippen LogP contribution in [0.25, 0.3) is 0 Å². The minimum Gasteiger partial charge on any atom is -0.454 e. The van der Waals surface area contributed by atoms with Crippen molar-refractivity contribution in [3.05, 3.63) is 59.7 Å². The molecule has 7 heteroatoms. The molecule has 1 aliphatic heterocycles. The highest BCUT2D eigenvalue weighted by Gasteiger charge is 2.13. The number of carbonyl (C=O) groups is 1. The molecule has 0 aliphatic carbocycles. The molecule has 2 aromatic rings. The third-order valence-electron chi connectivity index (χ3n) is 4.10. The summed E-state index contributed by atoms with van der Waals surface area (Å²) >= 11 is 0. The van der Waals surface area contributed by atoms with Crippen molar-refractivity contribution in [2.75, 3.05) is 20.4 Å². The number of fused-ring (bicyclic) bond motifs is 1. The van der Waals surface area contributed by atoms with Crippen LogP contribution in [0.4, 0.5) is 0 Å². The van der Waals surface area contributed by atoms with Gasteiger partial charge in [0.2, 0.25) is 12.7 Å². The van der Waals surface area contributed by atoms with Crippen LogP contribution in [0.1, 0.15) is 17.5 Å². The Kier molecular flexibility index (Phi) is 6.51. The van der Waals surface area contributed by atoms with Crippen molar-refractivity contribution in [3.8, 4) is 11.5 Å². The Morgan fingerprint density at radius 1 is 0.963 bits per heavy atom. The van der Waals surface area contributed by atoms with Crippen molar-refractivity contribution in [2.45, 2.75) is 19.5 Å². The molecule has 3 rings (SSSR count). The zero-order valence-corrected chi connectivity index (χ0v) is 15.3. The largest absolute Gasteiger partial charge is 0.454 e. The summed E-state index contributed by atoms with van der Waals surface area (Å²) in [5.41, 5.74) is 2.14. The number of carbonyl (C=O) groups excluding carboxylic acids is 1. The lowest BCUT2D eigenvalue weighted by molar-refractivity contribution is -0.121. The Morgan fingerprint density at radius 3 is 2.56 bits per heavy atom. The fourth-order valence-corrected chi connectivity index (χ4v) is 2.64. The SMILES string of the molecule is CN=C(NCCC(=O)NCc1ccccc1)NCc1ccc2c(c1)OCO2. The average Bonchev–Trinajstić information content (AvgIpc) is 3.17. The lowest BCUT2D eigenvalue weighted by Gasteiger charge is -2.12. The van der Waals surface area contributed by atoms with Gasteiger partial charge in [-0.3, -0.25) is 9.79 Å². The lowest BCUT2D eigenvalue weighted by atomic mass is 10.2. The molecule has 0 saturated carbocycles. The molecule has 0 spiro atoms. The fraction of sp³-hybridized carbons (Fsp3) is 0.300. The number of nitrogens with one attached hydrogen (secondary N) is 3. The summed E-state index contributed by atoms with van der Waals surface area (Å²) in [6.45, 7) is 1.90. The number of guanidine groups is 1. The van der Waals surface area contributed by atoms with Crippen LogP contribution in [0.2, 0.25) is 0 Å². The first-order chi connectivity index (χ1) is 13.2. The van der Waals surface area contributed by atoms with Crippen LogP contribution in [0.5, 0.6) is 11.5 Å². The number of rotatable bonds is 7. The third kappa shape index (κ3) is 5.64. The second kappa shape index (κ2) is 9.47. The number of benzene rings is 2. The summed E-state index contributed by atoms with van der Waals surface area (Å²) in [5.74, 6) is 2.16. The number of hydrogen-bond donors (Lipinski definition) is 3. The van der Waals surface area contributed by atoms with E-state index in [4.69, 9.17) is 9.47 Å². The minimum atomic E-state index is -0.00224. The number of hydrogen-bond acceptors (Lipinski definition) is 4. The van der Waals surface area contributed by atoms with Gasteiger partial charge in [-0.05, 0) is 23.3 Å². The fourth-order valence-electron chi connectivity index (χ4n) is 2.64. The van der Waals surface area contributed by atoms with Gasteiger partial charge in [0.25, 0.3) is 0 Å². The van der Waals surface area contributed by atoms with E-state index in [1.54, 1.807) is 7.05 Å². The summed E-state index contributed by atoms with van der Waals surface area (Å²) in [5, 5.41) is 9.27. The van der Waals surface area contributed by atoms with E-state index in [1.807, 2.05) is 48.5 Å². The summed E-state index contributed by atoms with van der Waals surface area (Å²) in [6, 6.07) is 15.7. The topological polar surface area (TPSA) is 84.0 Å². The highest BCUT2D eigenvalue weighted by Crippen LogP contribution is 2.32. The van der Waals surface area contributed by atoms with E-state index in [2.05, 4.69) is 20.9 Å². The van der Waals surface area contributed by atoms with Crippen LogP contribution in [0, 0.1) is 0 Å². The van der Waals surface area contributed by atoms with Gasteiger partial charge in [0.15, 0.2) is 17.5 Å². The zero-order chi connectivity index (χ0) is 18.9. The van der Waals surface area contributed by atoms with Gasteiger partial charge in [0, 0.05) is 33.1 Å². The van der Waals surface area contributed by atoms with E-state index in [-0.39, 0.29) is 12.7 Å². The van der Waals surface area contributed by atoms with Gasteiger partial charge < -0.3 is 25.4 Å². The predicted octanol–water partition coefficient (Wildman–Crippen LogP) is 1.79. The maximum absolute atomic E-state index is 11.9. The summed E-state index contributed by atoms with van der Waals surface area (Å²) in [6.07, 6.45) is 0.373. The molecule has 0 bridgehead atoms. The van der Waals surface area contributed by atoms with E-state index in [0.717, 1.165) is 22.6 Å². The Labute approximate surface area is 158 Å². The highest BCUT2D eigenvalue weighted by atomic mass is 16.7. The van der Waals surface area contributed by atoms with E-state index in [0.29, 0.717) is 32.0 Å². The van der Waals surface area contributed by atoms with Crippen molar-refractivity contribution >= 4 is 11.9 Å². The Bertz CT molecular complexity index is 793. The Balaban J connectivity index is 1.36. The quantitative estimate of drug-likeness (QED) is 0.513. The maximum atomic E-state index is 11.9. The van der Waals surface area contributed by atoms with Crippen LogP contribution in [0.3, 0.4) is 0 Å². The molecule has 0 radical (unpaired) electrons. The van der Waals surface area contributed by atoms with Gasteiger partial charge in [-0.1, -0.05) is 36.4 Å². The van der Waals surface area contributed by atoms with Crippen molar-refractivity contribution in [2.24, 2.45) is 4.99 Å². The molecule has 0 unspecified atom stereocenters. The van der Waals surface area contributed by atoms with Crippen LogP contribution in [-0.4, -0.2) is 32.3 Å². The summed E-state index contributed by atoms with van der Waals surface area (Å²) < 4.78 is 10.7. The number of nitrogens with zero attached hydrogens (tertiary/aromatic N) is 1. The first kappa shape index (κ1) is 18.6. The maximum Gasteiger partial charge on any atom is 0.231 e. The Morgan fingerprint density at radius 2 is 1.74 bits per heavy atom. The third-order valence-corrected chi connectivity index (χ3v) is 4.10. The van der Waals surface area contributed by atoms with Gasteiger partial charge >= 0.3 is 0 Å². The number of aliphatic imine (C=N–C) groups is 1. The van der Waals surface area contributed by atoms with Crippen LogP contribution in [-0.2, 0) is 17.9 Å². The molecule has 0 atom stereocenters. The summed E-state index contributed by atoms with van der Waals surface area (Å²) in [7, 11) is 1.70. The van der Waals surface area contributed by atoms with Gasteiger partial charge in [0.05, 0.1) is 0 Å². The molecule has 27 heavy (non-hydrogen) atoms. The molecule has 142 valence electrons. The molecule has 0 fully saturated rings. The molecule has 2 aromatic carbocycles. The van der Waals surface area contributed by atoms with E-state index >= 15 is 0 Å². The second-order valence-electron chi connectivity index (χ2n) is 6.05. The summed E-state index contributed by atoms with van der Waals surface area (Å²) in [4.78, 5) is 16.1. The lowest BCUT2D eigenvalue weighted by Crippen LogP contribution is -2.38. The zero-order valence-electron chi connectivity index (χ0n) is 15.3. The van der Waals surface area contributed by atoms with Crippen molar-refractivity contribution < 1.29 is 14.3 Å². The second-order valence-corrected chi connectivity index (χ2v) is 6.05. The first-order valence-electron chi connectivity index (χ1n) is 8.88. The molecular formula is C20H24N4O3. The standard InChI is InChI=1S/C20H24N4O3/c1-21-20(24-13-16-7-8-17-18(11-16)27-14-26-17)22-10-9-19(25)23-12-15-5-3-2-4-6-15/h2-8,11H,9-10,12-14H2,1H3,(H,23,25)(H2,21,22,24). The molecule has 1 aliphatic rings. The van der Waals surface area contributed by atoms with Gasteiger partial charge in [0.1, 0.15) is 0 Å². The smallest absolute Gasteiger partial charge is 0.231 e. The molecule has 3 N–H and O–H groups in total. The normalized spacial score (nSPS) is 12.6. The Hall–Kier alpha value is -3.22. The molecule has 1 heterocycles. The molecule has 0 aromatic heterocycles. The number of ether oxygens (including phenoxy) is 2. The molecule has 0 saturated heterocycles. The molecule has 7 nitrogen and oxygen atoms in total. The average molecular weight is 368 g/mol. The van der Waals surface area contributed by atoms with E-state index < -0.39 is 0 Å². The molecular weight excluding hydrogens is 344 g/mol. The van der Waals surface area contributed by atoms with Crippen molar-refractivity contribution in [1.29, 1.82) is 0 Å². The van der Waals surface area contributed by atoms with Crippen LogP contribution in [0.15, 0.2) is 53.5 Å². The van der Waals surface area contributed by atoms with E-state index in [1.165, 1.54) is 0 Å². The van der Waals surface area contributed by atoms with E-state index in [9.17, 15) is 4.79 Å². The van der Waals surface area contributed by atoms with Gasteiger partial charge in [-0.15, -0.1) is 0 Å².